The van der Waals surface area contributed by atoms with E-state index in [1.807, 2.05) is 27.7 Å². The van der Waals surface area contributed by atoms with Crippen molar-refractivity contribution in [1.82, 2.24) is 5.32 Å². The van der Waals surface area contributed by atoms with Crippen LogP contribution in [0, 0.1) is 58.7 Å². The van der Waals surface area contributed by atoms with Crippen molar-refractivity contribution >= 4 is 43.2 Å². The average molecular weight is 992 g/mol. The molecule has 7 rings (SSSR count). The number of fused-ring (bicyclic) bond motifs is 4. The molecule has 66 heavy (non-hydrogen) atoms. The highest BCUT2D eigenvalue weighted by atomic mass is 33.1. The van der Waals surface area contributed by atoms with Crippen molar-refractivity contribution in [3.63, 3.8) is 0 Å². The van der Waals surface area contributed by atoms with E-state index in [-0.39, 0.29) is 77.5 Å². The highest BCUT2D eigenvalue weighted by Crippen LogP contribution is 2.59. The van der Waals surface area contributed by atoms with Gasteiger partial charge in [-0.3, -0.25) is 0 Å². The van der Waals surface area contributed by atoms with Crippen molar-refractivity contribution in [3.05, 3.63) is 41.0 Å². The summed E-state index contributed by atoms with van der Waals surface area (Å²) in [5.41, 5.74) is 2.31. The largest absolute Gasteiger partial charge is 0.504 e. The maximum atomic E-state index is 11.9. The molecule has 3 aliphatic heterocycles. The van der Waals surface area contributed by atoms with Gasteiger partial charge in [0.05, 0.1) is 38.6 Å². The monoisotopic (exact) mass is 991 g/mol. The highest BCUT2D eigenvalue weighted by Gasteiger charge is 2.55. The van der Waals surface area contributed by atoms with Gasteiger partial charge in [0, 0.05) is 59.5 Å². The van der Waals surface area contributed by atoms with Gasteiger partial charge in [0.2, 0.25) is 5.75 Å². The van der Waals surface area contributed by atoms with Crippen LogP contribution in [0.2, 0.25) is 0 Å². The van der Waals surface area contributed by atoms with Gasteiger partial charge in [-0.15, -0.1) is 0 Å². The molecule has 2 aliphatic carbocycles. The first-order valence-electron chi connectivity index (χ1n) is 24.0. The molecule has 8 N–H and O–H groups in total. The van der Waals surface area contributed by atoms with Gasteiger partial charge in [-0.2, -0.15) is 0 Å². The maximum Gasteiger partial charge on any atom is 0.200 e. The number of hydrogen-bond acceptors (Lipinski definition) is 16. The Bertz CT molecular complexity index is 1910. The molecule has 13 atom stereocenters. The van der Waals surface area contributed by atoms with Crippen LogP contribution >= 0.6 is 43.2 Å². The summed E-state index contributed by atoms with van der Waals surface area (Å²) in [4.78, 5) is 0. The molecule has 2 saturated carbocycles. The third-order valence-electron chi connectivity index (χ3n) is 15.1. The summed E-state index contributed by atoms with van der Waals surface area (Å²) in [5, 5.41) is 80.1. The second-order valence-corrected chi connectivity index (χ2v) is 24.5. The van der Waals surface area contributed by atoms with E-state index < -0.39 is 31.0 Å². The molecule has 2 fully saturated rings. The fourth-order valence-corrected chi connectivity index (χ4v) is 17.5. The van der Waals surface area contributed by atoms with Gasteiger partial charge in [-0.05, 0) is 154 Å². The number of aryl methyl sites for hydroxylation is 1. The first-order valence-corrected chi connectivity index (χ1v) is 28.9. The summed E-state index contributed by atoms with van der Waals surface area (Å²) in [7, 11) is 9.86. The normalized spacial score (nSPS) is 34.2. The number of ether oxygens (including phenoxy) is 4. The van der Waals surface area contributed by atoms with Crippen molar-refractivity contribution in [2.75, 3.05) is 64.6 Å². The van der Waals surface area contributed by atoms with E-state index in [4.69, 9.17) is 18.9 Å². The molecule has 2 aromatic rings. The number of benzene rings is 2. The van der Waals surface area contributed by atoms with Crippen LogP contribution in [-0.2, 0) is 17.6 Å². The Morgan fingerprint density at radius 3 is 2.33 bits per heavy atom. The number of phenols is 2. The third kappa shape index (κ3) is 12.5. The van der Waals surface area contributed by atoms with Gasteiger partial charge in [0.25, 0.3) is 0 Å². The fraction of sp³-hybridized carbons (Fsp3) is 0.720. The molecule has 3 heterocycles. The summed E-state index contributed by atoms with van der Waals surface area (Å²) in [6.07, 6.45) is 5.70. The second-order valence-electron chi connectivity index (χ2n) is 19.4. The zero-order valence-corrected chi connectivity index (χ0v) is 42.0. The minimum atomic E-state index is -1.02. The number of phenolic OH excluding ortho intramolecular Hbond substituents is 2. The highest BCUT2D eigenvalue weighted by molar-refractivity contribution is 8.77. The summed E-state index contributed by atoms with van der Waals surface area (Å²) in [6.45, 7) is 3.81. The number of hydrogen-bond donors (Lipinski definition) is 8. The van der Waals surface area contributed by atoms with E-state index in [0.717, 1.165) is 74.2 Å². The first kappa shape index (κ1) is 52.0. The molecule has 2 aromatic carbocycles. The number of methoxy groups -OCH3 is 2. The lowest BCUT2D eigenvalue weighted by atomic mass is 9.49. The van der Waals surface area contributed by atoms with Crippen molar-refractivity contribution in [2.24, 2.45) is 46.8 Å². The van der Waals surface area contributed by atoms with E-state index in [2.05, 4.69) is 24.1 Å². The topological polar surface area (TPSA) is 191 Å². The van der Waals surface area contributed by atoms with Crippen molar-refractivity contribution < 1.29 is 54.7 Å². The Kier molecular flexibility index (Phi) is 19.5. The minimum absolute atomic E-state index is 0.0458. The molecule has 368 valence electrons. The van der Waals surface area contributed by atoms with Crippen molar-refractivity contribution in [1.29, 1.82) is 0 Å². The predicted octanol–water partition coefficient (Wildman–Crippen LogP) is 7.37. The van der Waals surface area contributed by atoms with E-state index in [9.17, 15) is 35.7 Å². The van der Waals surface area contributed by atoms with E-state index in [1.165, 1.54) is 42.2 Å². The average Bonchev–Trinajstić information content (AvgIpc) is 3.37. The van der Waals surface area contributed by atoms with Gasteiger partial charge in [-0.25, -0.2) is 0 Å². The number of aliphatic hydroxyl groups excluding tert-OH is 5. The summed E-state index contributed by atoms with van der Waals surface area (Å²) < 4.78 is 23.6. The van der Waals surface area contributed by atoms with Crippen LogP contribution in [0.1, 0.15) is 93.1 Å². The van der Waals surface area contributed by atoms with Gasteiger partial charge in [0.15, 0.2) is 23.0 Å². The minimum Gasteiger partial charge on any atom is -0.504 e. The molecule has 0 amide bonds. The molecule has 16 heteroatoms. The SMILES string of the molecule is COc1cc(C[C@@H]2[C@H](O)CSS[C@@H](CCO)c3cc(O)c(O[C@@H]4CC[C@@H]5CNC[C@@H]6C#C[C@]7(C[C@H](C)C[C@@H](CSSC6)[C@@H]7CCCO)[C@H]5C4)cc3CC[C@H](OCO)C[C@H]2O)cc(OC)c1O. The zero-order chi connectivity index (χ0) is 46.8. The number of aliphatic hydroxyl groups is 5. The van der Waals surface area contributed by atoms with Crippen LogP contribution in [0.3, 0.4) is 0 Å². The van der Waals surface area contributed by atoms with Crippen LogP contribution < -0.4 is 19.5 Å². The Morgan fingerprint density at radius 1 is 0.803 bits per heavy atom. The first-order chi connectivity index (χ1) is 32.0. The molecule has 0 saturated heterocycles. The molecule has 5 aliphatic rings. The fourth-order valence-electron chi connectivity index (χ4n) is 11.9. The Morgan fingerprint density at radius 2 is 1.59 bits per heavy atom. The molecule has 0 unspecified atom stereocenters. The van der Waals surface area contributed by atoms with Crippen LogP contribution in [-0.4, -0.2) is 125 Å². The molecule has 3 bridgehead atoms. The van der Waals surface area contributed by atoms with Gasteiger partial charge < -0.3 is 60.0 Å². The Hall–Kier alpha value is -1.88. The molecule has 0 aromatic heterocycles. The van der Waals surface area contributed by atoms with Crippen LogP contribution in [0.15, 0.2) is 24.3 Å². The number of aromatic hydroxyl groups is 2. The lowest BCUT2D eigenvalue weighted by Crippen LogP contribution is -2.52. The zero-order valence-electron chi connectivity index (χ0n) is 38.8. The van der Waals surface area contributed by atoms with Crippen molar-refractivity contribution in [3.8, 4) is 40.6 Å². The van der Waals surface area contributed by atoms with E-state index in [1.54, 1.807) is 18.2 Å². The molecule has 12 nitrogen and oxygen atoms in total. The van der Waals surface area contributed by atoms with Gasteiger partial charge in [0.1, 0.15) is 6.79 Å². The Balaban J connectivity index is 1.17. The van der Waals surface area contributed by atoms with Crippen LogP contribution in [0.4, 0.5) is 0 Å². The molecular weight excluding hydrogens is 919 g/mol. The smallest absolute Gasteiger partial charge is 0.200 e. The third-order valence-corrected chi connectivity index (χ3v) is 20.5. The van der Waals surface area contributed by atoms with Crippen LogP contribution in [0.25, 0.3) is 0 Å². The predicted molar refractivity (Wildman–Crippen MR) is 266 cm³/mol. The van der Waals surface area contributed by atoms with Gasteiger partial charge in [-0.1, -0.05) is 61.9 Å². The number of nitrogens with one attached hydrogen (secondary N) is 1. The summed E-state index contributed by atoms with van der Waals surface area (Å²) in [5.74, 6) is 12.9. The molecule has 1 spiro atoms. The summed E-state index contributed by atoms with van der Waals surface area (Å²) in [6, 6.07) is 7.09. The quantitative estimate of drug-likeness (QED) is 0.0564. The second kappa shape index (κ2) is 24.8. The van der Waals surface area contributed by atoms with E-state index >= 15 is 0 Å². The maximum absolute atomic E-state index is 11.9. The van der Waals surface area contributed by atoms with Gasteiger partial charge >= 0.3 is 0 Å². The Labute approximate surface area is 407 Å². The summed E-state index contributed by atoms with van der Waals surface area (Å²) >= 11 is 0. The lowest BCUT2D eigenvalue weighted by molar-refractivity contribution is -0.0808. The standard InChI is InChI=1S/C50H73NO11S4/c1-30-15-35-27-64-63-26-31-10-12-50(23-30,40(35)5-4-13-52)41-20-37(9-7-34(41)25-51-24-31)62-45-19-33-6-8-36(61-29-54)21-42(55)39(16-32-17-46(59-2)49(58)47(18-32)60-3)44(57)28-65-66-48(11-14-53)38(33)22-43(45)56/h17-19,22,30-31,34-37,39-42,44,48,51-58H,4-9,11,13-16,20-21,23-29H2,1-3H3/t30-,31+,34-,35+,36+,37-,39+,40+,41+,42-,44-,48+,50-/m1/s1. The van der Waals surface area contributed by atoms with Crippen LogP contribution in [0.5, 0.6) is 28.7 Å². The van der Waals surface area contributed by atoms with Crippen molar-refractivity contribution in [2.45, 2.75) is 114 Å². The molecular formula is C50H73NO11S4. The molecule has 0 radical (unpaired) electrons. The lowest BCUT2D eigenvalue weighted by Gasteiger charge is -2.55. The number of rotatable bonds is 13. The van der Waals surface area contributed by atoms with E-state index in [0.29, 0.717) is 60.2 Å².